The van der Waals surface area contributed by atoms with Gasteiger partial charge in [-0.25, -0.2) is 0 Å². The Morgan fingerprint density at radius 3 is 1.24 bits per heavy atom. The van der Waals surface area contributed by atoms with Crippen LogP contribution in [-0.4, -0.2) is 56.1 Å². The molecule has 0 spiro atoms. The molecule has 1 aromatic rings. The summed E-state index contributed by atoms with van der Waals surface area (Å²) in [5, 5.41) is 0. The van der Waals surface area contributed by atoms with Crippen LogP contribution in [0.25, 0.3) is 0 Å². The van der Waals surface area contributed by atoms with E-state index in [0.29, 0.717) is 5.56 Å². The van der Waals surface area contributed by atoms with Gasteiger partial charge in [-0.3, -0.25) is 24.0 Å². The van der Waals surface area contributed by atoms with Gasteiger partial charge in [0.1, 0.15) is 0 Å². The molecule has 0 amide bonds. The molecule has 1 rings (SSSR count). The molecule has 0 aliphatic heterocycles. The van der Waals surface area contributed by atoms with Crippen molar-refractivity contribution in [1.82, 2.24) is 0 Å². The highest BCUT2D eigenvalue weighted by Gasteiger charge is 2.40. The van der Waals surface area contributed by atoms with E-state index >= 15 is 0 Å². The summed E-state index contributed by atoms with van der Waals surface area (Å²) in [5.41, 5.74) is 0.306. The molecule has 9 nitrogen and oxygen atoms in total. The first kappa shape index (κ1) is 27.8. The molecule has 0 saturated carbocycles. The number of esters is 4. The first-order valence-electron chi connectivity index (χ1n) is 11.1. The van der Waals surface area contributed by atoms with Crippen LogP contribution in [0.3, 0.4) is 0 Å². The Labute approximate surface area is 193 Å². The van der Waals surface area contributed by atoms with Gasteiger partial charge >= 0.3 is 23.9 Å². The van der Waals surface area contributed by atoms with Gasteiger partial charge in [0.05, 0.1) is 26.4 Å². The number of rotatable bonds is 14. The molecule has 0 fully saturated rings. The van der Waals surface area contributed by atoms with Crippen molar-refractivity contribution >= 4 is 29.7 Å². The largest absolute Gasteiger partial charge is 0.465 e. The molecule has 0 aromatic heterocycles. The lowest BCUT2D eigenvalue weighted by molar-refractivity contribution is -0.162. The van der Waals surface area contributed by atoms with E-state index < -0.39 is 47.4 Å². The van der Waals surface area contributed by atoms with Crippen molar-refractivity contribution in [1.29, 1.82) is 0 Å². The second-order valence-corrected chi connectivity index (χ2v) is 7.01. The zero-order chi connectivity index (χ0) is 24.8. The van der Waals surface area contributed by atoms with Crippen molar-refractivity contribution in [2.24, 2.45) is 17.8 Å². The predicted molar refractivity (Wildman–Crippen MR) is 117 cm³/mol. The molecule has 0 aliphatic rings. The van der Waals surface area contributed by atoms with Crippen LogP contribution < -0.4 is 0 Å². The van der Waals surface area contributed by atoms with Crippen LogP contribution in [0.5, 0.6) is 0 Å². The monoisotopic (exact) mass is 464 g/mol. The smallest absolute Gasteiger partial charge is 0.320 e. The maximum absolute atomic E-state index is 13.3. The van der Waals surface area contributed by atoms with Gasteiger partial charge in [0, 0.05) is 11.5 Å². The molecule has 0 atom stereocenters. The standard InChI is InChI=1S/C24H32O9/c1-5-30-21(26)18(22(27)31-6-2)14-17(20(25)16-12-10-9-11-13-16)15-19(23(28)32-7-3)24(29)33-8-4/h9-13,17-19H,5-8,14-15H2,1-4H3. The highest BCUT2D eigenvalue weighted by atomic mass is 16.6. The van der Waals surface area contributed by atoms with Crippen LogP contribution in [0, 0.1) is 17.8 Å². The van der Waals surface area contributed by atoms with Gasteiger partial charge in [-0.2, -0.15) is 0 Å². The minimum atomic E-state index is -1.40. The Kier molecular flexibility index (Phi) is 12.4. The van der Waals surface area contributed by atoms with Gasteiger partial charge in [0.25, 0.3) is 0 Å². The van der Waals surface area contributed by atoms with Gasteiger partial charge in [-0.1, -0.05) is 30.3 Å². The second kappa shape index (κ2) is 14.8. The Morgan fingerprint density at radius 1 is 0.606 bits per heavy atom. The number of benzene rings is 1. The topological polar surface area (TPSA) is 122 Å². The van der Waals surface area contributed by atoms with E-state index in [1.165, 1.54) is 0 Å². The molecule has 0 saturated heterocycles. The van der Waals surface area contributed by atoms with Crippen LogP contribution in [0.2, 0.25) is 0 Å². The molecular weight excluding hydrogens is 432 g/mol. The summed E-state index contributed by atoms with van der Waals surface area (Å²) in [4.78, 5) is 63.3. The van der Waals surface area contributed by atoms with Gasteiger partial charge < -0.3 is 18.9 Å². The maximum Gasteiger partial charge on any atom is 0.320 e. The molecule has 9 heteroatoms. The van der Waals surface area contributed by atoms with E-state index in [1.807, 2.05) is 0 Å². The number of Topliss-reactive ketones (excluding diaryl/α,β-unsaturated/α-hetero) is 1. The lowest BCUT2D eigenvalue weighted by Crippen LogP contribution is -2.36. The minimum absolute atomic E-state index is 0.0281. The highest BCUT2D eigenvalue weighted by molar-refractivity contribution is 6.01. The zero-order valence-electron chi connectivity index (χ0n) is 19.5. The van der Waals surface area contributed by atoms with Crippen LogP contribution >= 0.6 is 0 Å². The number of ketones is 1. The van der Waals surface area contributed by atoms with E-state index in [4.69, 9.17) is 18.9 Å². The van der Waals surface area contributed by atoms with Gasteiger partial charge in [0.15, 0.2) is 17.6 Å². The summed E-state index contributed by atoms with van der Waals surface area (Å²) in [6.45, 7) is 6.46. The van der Waals surface area contributed by atoms with E-state index in [9.17, 15) is 24.0 Å². The van der Waals surface area contributed by atoms with Gasteiger partial charge in [-0.15, -0.1) is 0 Å². The number of hydrogen-bond donors (Lipinski definition) is 0. The Hall–Kier alpha value is -3.23. The van der Waals surface area contributed by atoms with Crippen molar-refractivity contribution in [3.63, 3.8) is 0 Å². The SMILES string of the molecule is CCOC(=O)C(CC(CC(C(=O)OCC)C(=O)OCC)C(=O)c1ccccc1)C(=O)OCC. The molecular formula is C24H32O9. The van der Waals surface area contributed by atoms with Crippen LogP contribution in [0.4, 0.5) is 0 Å². The summed E-state index contributed by atoms with van der Waals surface area (Å²) in [7, 11) is 0. The third-order valence-electron chi connectivity index (χ3n) is 4.75. The number of carbonyl (C=O) groups excluding carboxylic acids is 5. The molecule has 0 N–H and O–H groups in total. The third kappa shape index (κ3) is 8.67. The lowest BCUT2D eigenvalue weighted by Gasteiger charge is -2.23. The fourth-order valence-electron chi connectivity index (χ4n) is 3.27. The fraction of sp³-hybridized carbons (Fsp3) is 0.542. The summed E-state index contributed by atoms with van der Waals surface area (Å²) >= 11 is 0. The first-order chi connectivity index (χ1) is 15.8. The van der Waals surface area contributed by atoms with Gasteiger partial charge in [-0.05, 0) is 40.5 Å². The van der Waals surface area contributed by atoms with Crippen molar-refractivity contribution < 1.29 is 42.9 Å². The van der Waals surface area contributed by atoms with E-state index in [1.54, 1.807) is 58.0 Å². The predicted octanol–water partition coefficient (Wildman–Crippen LogP) is 2.75. The molecule has 0 heterocycles. The highest BCUT2D eigenvalue weighted by Crippen LogP contribution is 2.28. The van der Waals surface area contributed by atoms with E-state index in [-0.39, 0.29) is 39.3 Å². The van der Waals surface area contributed by atoms with Crippen molar-refractivity contribution in [2.75, 3.05) is 26.4 Å². The van der Waals surface area contributed by atoms with Crippen LogP contribution in [0.15, 0.2) is 30.3 Å². The number of hydrogen-bond acceptors (Lipinski definition) is 9. The Balaban J connectivity index is 3.36. The maximum atomic E-state index is 13.3. The summed E-state index contributed by atoms with van der Waals surface area (Å²) in [5.74, 6) is -7.66. The molecule has 33 heavy (non-hydrogen) atoms. The number of ether oxygens (including phenoxy) is 4. The van der Waals surface area contributed by atoms with Gasteiger partial charge in [0.2, 0.25) is 0 Å². The zero-order valence-corrected chi connectivity index (χ0v) is 19.5. The molecule has 0 radical (unpaired) electrons. The lowest BCUT2D eigenvalue weighted by atomic mass is 9.82. The average molecular weight is 465 g/mol. The third-order valence-corrected chi connectivity index (χ3v) is 4.75. The van der Waals surface area contributed by atoms with Crippen molar-refractivity contribution in [3.8, 4) is 0 Å². The fourth-order valence-corrected chi connectivity index (χ4v) is 3.27. The summed E-state index contributed by atoms with van der Waals surface area (Å²) in [6, 6.07) is 8.19. The quantitative estimate of drug-likeness (QED) is 0.177. The summed E-state index contributed by atoms with van der Waals surface area (Å²) < 4.78 is 20.0. The molecule has 0 unspecified atom stereocenters. The van der Waals surface area contributed by atoms with Crippen LogP contribution in [-0.2, 0) is 38.1 Å². The minimum Gasteiger partial charge on any atom is -0.465 e. The van der Waals surface area contributed by atoms with E-state index in [2.05, 4.69) is 0 Å². The molecule has 0 aliphatic carbocycles. The Morgan fingerprint density at radius 2 is 0.939 bits per heavy atom. The Bertz CT molecular complexity index is 725. The normalized spacial score (nSPS) is 10.8. The average Bonchev–Trinajstić information content (AvgIpc) is 2.79. The van der Waals surface area contributed by atoms with Crippen molar-refractivity contribution in [2.45, 2.75) is 40.5 Å². The molecule has 0 bridgehead atoms. The first-order valence-corrected chi connectivity index (χ1v) is 11.1. The van der Waals surface area contributed by atoms with Crippen molar-refractivity contribution in [3.05, 3.63) is 35.9 Å². The van der Waals surface area contributed by atoms with Crippen LogP contribution in [0.1, 0.15) is 50.9 Å². The van der Waals surface area contributed by atoms with E-state index in [0.717, 1.165) is 0 Å². The summed E-state index contributed by atoms with van der Waals surface area (Å²) in [6.07, 6.45) is -0.610. The molecule has 1 aromatic carbocycles. The molecule has 182 valence electrons. The number of carbonyl (C=O) groups is 5. The second-order valence-electron chi connectivity index (χ2n) is 7.01.